The molecule has 1 spiro atoms. The highest BCUT2D eigenvalue weighted by Gasteiger charge is 2.68. The average molecular weight is 282 g/mol. The third-order valence-corrected chi connectivity index (χ3v) is 6.49. The number of fused-ring (bicyclic) bond motifs is 2. The summed E-state index contributed by atoms with van der Waals surface area (Å²) in [5, 5.41) is 0. The Hall–Kier alpha value is -0.160. The molecule has 5 fully saturated rings. The molecule has 0 aromatic carbocycles. The van der Waals surface area contributed by atoms with E-state index in [-0.39, 0.29) is 18.0 Å². The number of hydrogen-bond donors (Lipinski definition) is 0. The summed E-state index contributed by atoms with van der Waals surface area (Å²) in [7, 11) is 0. The maximum atomic E-state index is 6.23. The molecule has 0 radical (unpaired) electrons. The maximum Gasteiger partial charge on any atom is 0.201 e. The monoisotopic (exact) mass is 282 g/mol. The van der Waals surface area contributed by atoms with Crippen molar-refractivity contribution in [3.05, 3.63) is 0 Å². The number of rotatable bonds is 0. The molecule has 0 aromatic heterocycles. The Kier molecular flexibility index (Phi) is 2.83. The van der Waals surface area contributed by atoms with Gasteiger partial charge in [-0.2, -0.15) is 0 Å². The van der Waals surface area contributed by atoms with Gasteiger partial charge in [-0.25, -0.2) is 9.78 Å². The van der Waals surface area contributed by atoms with E-state index < -0.39 is 5.79 Å². The molecule has 0 N–H and O–H groups in total. The predicted octanol–water partition coefficient (Wildman–Crippen LogP) is 3.26. The Morgan fingerprint density at radius 1 is 0.950 bits per heavy atom. The van der Waals surface area contributed by atoms with E-state index in [0.717, 1.165) is 12.8 Å². The zero-order valence-corrected chi connectivity index (χ0v) is 12.9. The van der Waals surface area contributed by atoms with Gasteiger partial charge in [0.05, 0.1) is 6.10 Å². The molecule has 20 heavy (non-hydrogen) atoms. The van der Waals surface area contributed by atoms with Crippen molar-refractivity contribution < 1.29 is 19.2 Å². The average Bonchev–Trinajstić information content (AvgIpc) is 2.63. The molecule has 4 heterocycles. The molecule has 114 valence electrons. The maximum absolute atomic E-state index is 6.23. The third kappa shape index (κ3) is 1.57. The van der Waals surface area contributed by atoms with Crippen LogP contribution >= 0.6 is 0 Å². The molecule has 0 amide bonds. The van der Waals surface area contributed by atoms with Crippen molar-refractivity contribution in [3.63, 3.8) is 0 Å². The molecule has 2 bridgehead atoms. The summed E-state index contributed by atoms with van der Waals surface area (Å²) < 4.78 is 12.5. The zero-order chi connectivity index (χ0) is 14.1. The van der Waals surface area contributed by atoms with Crippen LogP contribution in [0.25, 0.3) is 0 Å². The summed E-state index contributed by atoms with van der Waals surface area (Å²) in [5.41, 5.74) is -0.389. The Balaban J connectivity index is 1.82. The van der Waals surface area contributed by atoms with Crippen LogP contribution in [0.5, 0.6) is 0 Å². The summed E-state index contributed by atoms with van der Waals surface area (Å²) in [6, 6.07) is 0. The Morgan fingerprint density at radius 2 is 1.75 bits per heavy atom. The third-order valence-electron chi connectivity index (χ3n) is 6.49. The Labute approximate surface area is 121 Å². The van der Waals surface area contributed by atoms with Gasteiger partial charge >= 0.3 is 0 Å². The fourth-order valence-corrected chi connectivity index (χ4v) is 5.08. The minimum absolute atomic E-state index is 0.219. The van der Waals surface area contributed by atoms with Crippen molar-refractivity contribution in [2.75, 3.05) is 0 Å². The molecule has 4 nitrogen and oxygen atoms in total. The standard InChI is InChI=1S/C16H26O4/c1-9-5-6-13-10(2)11(3)17-14-16(13)12(9)7-8-15(4,18-14)19-20-16/h9-14H,5-8H2,1-4H3/t9?,10?,11?,12?,13?,14?,15-,16+/m0/s1. The Morgan fingerprint density at radius 3 is 2.55 bits per heavy atom. The van der Waals surface area contributed by atoms with Crippen LogP contribution in [0.15, 0.2) is 0 Å². The second-order valence-corrected chi connectivity index (χ2v) is 7.61. The molecule has 5 aliphatic rings. The molecular weight excluding hydrogens is 256 g/mol. The lowest BCUT2D eigenvalue weighted by molar-refractivity contribution is -0.570. The van der Waals surface area contributed by atoms with Gasteiger partial charge in [-0.05, 0) is 50.9 Å². The van der Waals surface area contributed by atoms with Crippen LogP contribution in [-0.2, 0) is 19.2 Å². The Bertz CT molecular complexity index is 409. The molecule has 8 atom stereocenters. The molecule has 4 heteroatoms. The van der Waals surface area contributed by atoms with Crippen LogP contribution in [0.4, 0.5) is 0 Å². The highest BCUT2D eigenvalue weighted by Crippen LogP contribution is 2.60. The topological polar surface area (TPSA) is 36.9 Å². The lowest BCUT2D eigenvalue weighted by Crippen LogP contribution is -2.70. The van der Waals surface area contributed by atoms with Crippen molar-refractivity contribution in [2.45, 2.75) is 77.2 Å². The molecule has 0 aromatic rings. The van der Waals surface area contributed by atoms with Crippen LogP contribution < -0.4 is 0 Å². The minimum Gasteiger partial charge on any atom is -0.346 e. The fourth-order valence-electron chi connectivity index (χ4n) is 5.08. The number of hydrogen-bond acceptors (Lipinski definition) is 4. The predicted molar refractivity (Wildman–Crippen MR) is 72.5 cm³/mol. The van der Waals surface area contributed by atoms with Crippen LogP contribution in [0.2, 0.25) is 0 Å². The van der Waals surface area contributed by atoms with E-state index >= 15 is 0 Å². The van der Waals surface area contributed by atoms with Crippen molar-refractivity contribution in [1.29, 1.82) is 0 Å². The van der Waals surface area contributed by atoms with Gasteiger partial charge in [0.1, 0.15) is 0 Å². The van der Waals surface area contributed by atoms with E-state index in [2.05, 4.69) is 20.8 Å². The number of ether oxygens (including phenoxy) is 2. The fraction of sp³-hybridized carbons (Fsp3) is 1.00. The highest BCUT2D eigenvalue weighted by molar-refractivity contribution is 5.09. The molecule has 1 saturated carbocycles. The van der Waals surface area contributed by atoms with Crippen LogP contribution in [0.3, 0.4) is 0 Å². The van der Waals surface area contributed by atoms with E-state index in [0.29, 0.717) is 23.7 Å². The van der Waals surface area contributed by atoms with E-state index in [1.54, 1.807) is 0 Å². The van der Waals surface area contributed by atoms with E-state index in [9.17, 15) is 0 Å². The zero-order valence-electron chi connectivity index (χ0n) is 12.9. The van der Waals surface area contributed by atoms with Gasteiger partial charge < -0.3 is 9.47 Å². The van der Waals surface area contributed by atoms with E-state index in [4.69, 9.17) is 19.2 Å². The normalized spacial score (nSPS) is 61.8. The van der Waals surface area contributed by atoms with Gasteiger partial charge in [-0.15, -0.1) is 0 Å². The summed E-state index contributed by atoms with van der Waals surface area (Å²) in [6.45, 7) is 8.77. The van der Waals surface area contributed by atoms with E-state index in [1.165, 1.54) is 12.8 Å². The van der Waals surface area contributed by atoms with E-state index in [1.807, 2.05) is 6.92 Å². The van der Waals surface area contributed by atoms with Gasteiger partial charge in [-0.1, -0.05) is 13.8 Å². The summed E-state index contributed by atoms with van der Waals surface area (Å²) in [5.74, 6) is 1.44. The summed E-state index contributed by atoms with van der Waals surface area (Å²) >= 11 is 0. The SMILES string of the molecule is CC1CCC2C(C)C(C)OC3O[C@]4(C)CCC1[C@]32OO4. The first-order chi connectivity index (χ1) is 9.46. The highest BCUT2D eigenvalue weighted by atomic mass is 17.3. The summed E-state index contributed by atoms with van der Waals surface area (Å²) in [6.07, 6.45) is 4.41. The summed E-state index contributed by atoms with van der Waals surface area (Å²) in [4.78, 5) is 11.8. The van der Waals surface area contributed by atoms with Crippen LogP contribution in [0.1, 0.15) is 53.4 Å². The van der Waals surface area contributed by atoms with Crippen LogP contribution in [0, 0.1) is 23.7 Å². The van der Waals surface area contributed by atoms with Gasteiger partial charge in [0.15, 0.2) is 11.9 Å². The largest absolute Gasteiger partial charge is 0.346 e. The van der Waals surface area contributed by atoms with Gasteiger partial charge in [0, 0.05) is 12.3 Å². The smallest absolute Gasteiger partial charge is 0.201 e. The quantitative estimate of drug-likeness (QED) is 0.639. The van der Waals surface area contributed by atoms with Crippen molar-refractivity contribution >= 4 is 0 Å². The second-order valence-electron chi connectivity index (χ2n) is 7.61. The first-order valence-electron chi connectivity index (χ1n) is 8.16. The van der Waals surface area contributed by atoms with Crippen LogP contribution in [-0.4, -0.2) is 23.8 Å². The lowest BCUT2D eigenvalue weighted by Gasteiger charge is -2.60. The van der Waals surface area contributed by atoms with Crippen molar-refractivity contribution in [1.82, 2.24) is 0 Å². The molecule has 4 saturated heterocycles. The molecular formula is C16H26O4. The van der Waals surface area contributed by atoms with Crippen molar-refractivity contribution in [2.24, 2.45) is 23.7 Å². The molecule has 6 unspecified atom stereocenters. The first-order valence-corrected chi connectivity index (χ1v) is 8.16. The lowest BCUT2D eigenvalue weighted by atomic mass is 9.57. The van der Waals surface area contributed by atoms with Gasteiger partial charge in [0.2, 0.25) is 5.79 Å². The minimum atomic E-state index is -0.641. The van der Waals surface area contributed by atoms with Gasteiger partial charge in [0.25, 0.3) is 0 Å². The second kappa shape index (κ2) is 4.19. The molecule has 5 rings (SSSR count). The van der Waals surface area contributed by atoms with Gasteiger partial charge in [-0.3, -0.25) is 0 Å². The first kappa shape index (κ1) is 13.5. The molecule has 4 aliphatic heterocycles. The van der Waals surface area contributed by atoms with Crippen molar-refractivity contribution in [3.8, 4) is 0 Å². The molecule has 1 aliphatic carbocycles.